The van der Waals surface area contributed by atoms with E-state index in [2.05, 4.69) is 0 Å². The van der Waals surface area contributed by atoms with Crippen LogP contribution in [0.3, 0.4) is 0 Å². The molecule has 1 heterocycles. The van der Waals surface area contributed by atoms with E-state index in [0.29, 0.717) is 9.80 Å². The molecule has 3 amide bonds. The van der Waals surface area contributed by atoms with E-state index in [0.717, 1.165) is 0 Å². The Morgan fingerprint density at radius 1 is 1.00 bits per heavy atom. The molecular formula is C7H12N2O6. The summed E-state index contributed by atoms with van der Waals surface area (Å²) in [6.07, 6.45) is 0. The van der Waals surface area contributed by atoms with Gasteiger partial charge in [0.15, 0.2) is 5.54 Å². The van der Waals surface area contributed by atoms with E-state index in [1.807, 2.05) is 0 Å². The van der Waals surface area contributed by atoms with Gasteiger partial charge in [0.05, 0.1) is 13.2 Å². The Kier molecular flexibility index (Phi) is 3.25. The molecule has 0 radical (unpaired) electrons. The van der Waals surface area contributed by atoms with Crippen molar-refractivity contribution in [2.45, 2.75) is 5.54 Å². The summed E-state index contributed by atoms with van der Waals surface area (Å²) in [6, 6.07) is -0.951. The van der Waals surface area contributed by atoms with Gasteiger partial charge < -0.3 is 20.4 Å². The highest BCUT2D eigenvalue weighted by molar-refractivity contribution is 6.07. The molecule has 86 valence electrons. The number of nitrogens with zero attached hydrogens (tertiary/aromatic N) is 2. The van der Waals surface area contributed by atoms with Crippen LogP contribution >= 0.6 is 0 Å². The fraction of sp³-hybridized carbons (Fsp3) is 0.714. The Morgan fingerprint density at radius 3 is 1.80 bits per heavy atom. The van der Waals surface area contributed by atoms with Gasteiger partial charge in [-0.3, -0.25) is 9.69 Å². The van der Waals surface area contributed by atoms with Crippen LogP contribution in [-0.2, 0) is 4.79 Å². The summed E-state index contributed by atoms with van der Waals surface area (Å²) < 4.78 is 0. The minimum absolute atomic E-state index is 0.433. The minimum Gasteiger partial charge on any atom is -0.393 e. The molecule has 0 saturated carbocycles. The van der Waals surface area contributed by atoms with Gasteiger partial charge in [0.2, 0.25) is 0 Å². The Labute approximate surface area is 84.9 Å². The van der Waals surface area contributed by atoms with Crippen molar-refractivity contribution in [2.75, 3.05) is 26.7 Å². The number of carbonyl (C=O) groups is 2. The number of amides is 3. The van der Waals surface area contributed by atoms with Crippen molar-refractivity contribution in [2.24, 2.45) is 0 Å². The van der Waals surface area contributed by atoms with Gasteiger partial charge in [-0.25, -0.2) is 9.69 Å². The molecule has 1 saturated heterocycles. The Balaban J connectivity index is 3.15. The van der Waals surface area contributed by atoms with Crippen molar-refractivity contribution in [3.8, 4) is 0 Å². The van der Waals surface area contributed by atoms with Gasteiger partial charge in [-0.2, -0.15) is 0 Å². The molecule has 0 unspecified atom stereocenters. The maximum atomic E-state index is 11.6. The lowest BCUT2D eigenvalue weighted by atomic mass is 10.0. The van der Waals surface area contributed by atoms with Crippen LogP contribution < -0.4 is 0 Å². The van der Waals surface area contributed by atoms with Crippen LogP contribution in [0, 0.1) is 0 Å². The molecule has 1 aliphatic heterocycles. The van der Waals surface area contributed by atoms with Crippen molar-refractivity contribution >= 4 is 11.9 Å². The molecule has 1 rings (SSSR count). The molecule has 8 nitrogen and oxygen atoms in total. The zero-order valence-corrected chi connectivity index (χ0v) is 7.83. The predicted molar refractivity (Wildman–Crippen MR) is 45.2 cm³/mol. The molecule has 0 aliphatic carbocycles. The second kappa shape index (κ2) is 4.11. The first-order valence-corrected chi connectivity index (χ1v) is 4.16. The van der Waals surface area contributed by atoms with Crippen LogP contribution in [0.15, 0.2) is 0 Å². The third-order valence-corrected chi connectivity index (χ3v) is 2.43. The number of urea groups is 1. The largest absolute Gasteiger partial charge is 0.393 e. The van der Waals surface area contributed by atoms with E-state index in [-0.39, 0.29) is 0 Å². The molecule has 0 aromatic heterocycles. The molecule has 0 atom stereocenters. The number of imide groups is 1. The number of aliphatic hydroxyl groups is 4. The summed E-state index contributed by atoms with van der Waals surface area (Å²) in [4.78, 5) is 24.0. The first-order chi connectivity index (χ1) is 7.08. The van der Waals surface area contributed by atoms with Crippen molar-refractivity contribution in [3.05, 3.63) is 0 Å². The van der Waals surface area contributed by atoms with Crippen LogP contribution in [0.5, 0.6) is 0 Å². The standard InChI is InChI=1S/C7H12N2O6/c10-1-7(2-11)5(14)8(3-12)6(15)9(7)4-13/h10-13H,1-4H2. The maximum absolute atomic E-state index is 11.6. The molecule has 15 heavy (non-hydrogen) atoms. The smallest absolute Gasteiger partial charge is 0.331 e. The highest BCUT2D eigenvalue weighted by Gasteiger charge is 2.56. The average Bonchev–Trinajstić information content (AvgIpc) is 2.46. The monoisotopic (exact) mass is 220 g/mol. The number of hydrogen-bond donors (Lipinski definition) is 4. The van der Waals surface area contributed by atoms with Crippen molar-refractivity contribution in [1.82, 2.24) is 9.80 Å². The van der Waals surface area contributed by atoms with Crippen LogP contribution in [0.25, 0.3) is 0 Å². The lowest BCUT2D eigenvalue weighted by Crippen LogP contribution is -2.56. The lowest BCUT2D eigenvalue weighted by molar-refractivity contribution is -0.141. The van der Waals surface area contributed by atoms with Gasteiger partial charge in [0, 0.05) is 0 Å². The number of carbonyl (C=O) groups excluding carboxylic acids is 2. The molecule has 0 aromatic rings. The zero-order valence-electron chi connectivity index (χ0n) is 7.83. The van der Waals surface area contributed by atoms with E-state index in [9.17, 15) is 9.59 Å². The molecule has 0 spiro atoms. The predicted octanol–water partition coefficient (Wildman–Crippen LogP) is -3.13. The van der Waals surface area contributed by atoms with Crippen molar-refractivity contribution in [1.29, 1.82) is 0 Å². The summed E-state index contributed by atoms with van der Waals surface area (Å²) in [7, 11) is 0. The molecule has 0 aromatic carbocycles. The van der Waals surface area contributed by atoms with Gasteiger partial charge in [0.1, 0.15) is 13.5 Å². The maximum Gasteiger partial charge on any atom is 0.331 e. The highest BCUT2D eigenvalue weighted by Crippen LogP contribution is 2.26. The first kappa shape index (κ1) is 11.9. The van der Waals surface area contributed by atoms with Crippen LogP contribution in [0.1, 0.15) is 0 Å². The van der Waals surface area contributed by atoms with E-state index in [1.54, 1.807) is 0 Å². The van der Waals surface area contributed by atoms with Gasteiger partial charge in [-0.15, -0.1) is 0 Å². The zero-order chi connectivity index (χ0) is 11.6. The number of rotatable bonds is 4. The van der Waals surface area contributed by atoms with E-state index in [4.69, 9.17) is 20.4 Å². The van der Waals surface area contributed by atoms with Crippen LogP contribution in [-0.4, -0.2) is 74.4 Å². The van der Waals surface area contributed by atoms with Gasteiger partial charge in [0.25, 0.3) is 5.91 Å². The summed E-state index contributed by atoms with van der Waals surface area (Å²) in [6.45, 7) is -3.35. The van der Waals surface area contributed by atoms with Crippen LogP contribution in [0.2, 0.25) is 0 Å². The minimum atomic E-state index is -1.88. The van der Waals surface area contributed by atoms with E-state index < -0.39 is 44.2 Å². The Hall–Kier alpha value is -1.22. The fourth-order valence-electron chi connectivity index (χ4n) is 1.46. The summed E-state index contributed by atoms with van der Waals surface area (Å²) in [5.41, 5.74) is -1.88. The molecule has 1 aliphatic rings. The quantitative estimate of drug-likeness (QED) is 0.372. The summed E-state index contributed by atoms with van der Waals surface area (Å²) in [5.74, 6) is -0.936. The SMILES string of the molecule is O=C1N(CO)C(=O)C(CO)(CO)N1CO. The fourth-order valence-corrected chi connectivity index (χ4v) is 1.46. The Morgan fingerprint density at radius 2 is 1.53 bits per heavy atom. The normalized spacial score (nSPS) is 20.3. The lowest BCUT2D eigenvalue weighted by Gasteiger charge is -2.29. The molecule has 8 heteroatoms. The number of aliphatic hydroxyl groups excluding tert-OH is 4. The van der Waals surface area contributed by atoms with Crippen molar-refractivity contribution in [3.63, 3.8) is 0 Å². The molecule has 1 fully saturated rings. The second-order valence-corrected chi connectivity index (χ2v) is 3.07. The number of hydrogen-bond acceptors (Lipinski definition) is 6. The molecule has 0 bridgehead atoms. The average molecular weight is 220 g/mol. The summed E-state index contributed by atoms with van der Waals surface area (Å²) >= 11 is 0. The van der Waals surface area contributed by atoms with Crippen molar-refractivity contribution < 1.29 is 30.0 Å². The van der Waals surface area contributed by atoms with Gasteiger partial charge in [-0.1, -0.05) is 0 Å². The molecule has 4 N–H and O–H groups in total. The van der Waals surface area contributed by atoms with E-state index in [1.165, 1.54) is 0 Å². The third kappa shape index (κ3) is 1.38. The highest BCUT2D eigenvalue weighted by atomic mass is 16.3. The van der Waals surface area contributed by atoms with E-state index >= 15 is 0 Å². The molecular weight excluding hydrogens is 208 g/mol. The topological polar surface area (TPSA) is 122 Å². The first-order valence-electron chi connectivity index (χ1n) is 4.16. The summed E-state index contributed by atoms with van der Waals surface area (Å²) in [5, 5.41) is 35.7. The van der Waals surface area contributed by atoms with Gasteiger partial charge >= 0.3 is 6.03 Å². The second-order valence-electron chi connectivity index (χ2n) is 3.07. The van der Waals surface area contributed by atoms with Gasteiger partial charge in [-0.05, 0) is 0 Å². The Bertz CT molecular complexity index is 277. The third-order valence-electron chi connectivity index (χ3n) is 2.43. The van der Waals surface area contributed by atoms with Crippen LogP contribution in [0.4, 0.5) is 4.79 Å².